The number of nitrogens with one attached hydrogen (secondary N) is 10. The number of aromatic amines is 1. The molecule has 0 spiro atoms. The summed E-state index contributed by atoms with van der Waals surface area (Å²) in [5.74, 6) is -12.5. The Kier molecular flexibility index (Phi) is 30.5. The molecule has 5 rings (SSSR count). The molecule has 0 bridgehead atoms. The van der Waals surface area contributed by atoms with Crippen LogP contribution in [0.5, 0.6) is 5.75 Å². The van der Waals surface area contributed by atoms with E-state index in [1.165, 1.54) is 43.5 Å². The van der Waals surface area contributed by atoms with E-state index >= 15 is 0 Å². The molecule has 0 aliphatic heterocycles. The summed E-state index contributed by atoms with van der Waals surface area (Å²) in [6.45, 7) is 3.06. The van der Waals surface area contributed by atoms with E-state index < -0.39 is 177 Å². The number of aromatic nitrogens is 1. The Balaban J connectivity index is 1.23. The van der Waals surface area contributed by atoms with Crippen molar-refractivity contribution in [3.63, 3.8) is 0 Å². The fourth-order valence-corrected chi connectivity index (χ4v) is 12.2. The lowest BCUT2D eigenvalue weighted by Gasteiger charge is -2.26. The third-order valence-electron chi connectivity index (χ3n) is 15.2. The molecule has 15 N–H and O–H groups in total. The number of ether oxygens (including phenoxy) is 1. The molecular weight excluding hydrogens is 1310 g/mol. The second-order valence-corrected chi connectivity index (χ2v) is 26.5. The van der Waals surface area contributed by atoms with Crippen LogP contribution in [0.2, 0.25) is 0 Å². The number of para-hydroxylation sites is 1. The summed E-state index contributed by atoms with van der Waals surface area (Å²) in [5.41, 5.74) is 7.81. The van der Waals surface area contributed by atoms with Gasteiger partial charge in [-0.05, 0) is 122 Å². The predicted octanol–water partition coefficient (Wildman–Crippen LogP) is 1.63. The van der Waals surface area contributed by atoms with E-state index in [0.717, 1.165) is 29.8 Å². The summed E-state index contributed by atoms with van der Waals surface area (Å²) < 4.78 is 76.2. The molecule has 4 aromatic carbocycles. The number of unbranched alkanes of at least 4 members (excludes halogenated alkanes) is 3. The monoisotopic (exact) mass is 1390 g/mol. The number of halogens is 1. The van der Waals surface area contributed by atoms with Crippen molar-refractivity contribution < 1.29 is 94.0 Å². The lowest BCUT2D eigenvalue weighted by atomic mass is 10.0. The quantitative estimate of drug-likeness (QED) is 0.0247. The summed E-state index contributed by atoms with van der Waals surface area (Å²) in [6.07, 6.45) is -0.988. The van der Waals surface area contributed by atoms with Crippen LogP contribution in [0.3, 0.4) is 0 Å². The van der Waals surface area contributed by atoms with Gasteiger partial charge in [-0.3, -0.25) is 52.7 Å². The second kappa shape index (κ2) is 38.0. The molecule has 0 aliphatic carbocycles. The van der Waals surface area contributed by atoms with Gasteiger partial charge < -0.3 is 68.0 Å². The van der Waals surface area contributed by atoms with Gasteiger partial charge in [0.05, 0.1) is 29.9 Å². The Morgan fingerprint density at radius 2 is 1.11 bits per heavy atom. The molecule has 8 amide bonds. The number of hydrogen-bond acceptors (Lipinski definition) is 16. The zero-order valence-corrected chi connectivity index (χ0v) is 55.2. The predicted molar refractivity (Wildman–Crippen MR) is 348 cm³/mol. The average molecular weight is 1390 g/mol. The number of methoxy groups -OCH3 is 1. The molecule has 0 fully saturated rings. The van der Waals surface area contributed by atoms with Crippen LogP contribution in [-0.4, -0.2) is 165 Å². The fraction of sp³-hybridized carbons (Fsp3) is 0.422. The number of fused-ring (bicyclic) bond motifs is 1. The maximum atomic E-state index is 14.6. The van der Waals surface area contributed by atoms with Crippen LogP contribution in [0.1, 0.15) is 114 Å². The van der Waals surface area contributed by atoms with Gasteiger partial charge in [0.15, 0.2) is 0 Å². The number of carbonyl (C=O) groups excluding carboxylic acids is 8. The number of rotatable bonds is 43. The van der Waals surface area contributed by atoms with Gasteiger partial charge in [0.25, 0.3) is 0 Å². The number of aliphatic carboxylic acids is 3. The molecule has 1 aromatic heterocycles. The summed E-state index contributed by atoms with van der Waals surface area (Å²) >= 11 is 0. The Morgan fingerprint density at radius 3 is 1.71 bits per heavy atom. The van der Waals surface area contributed by atoms with Crippen molar-refractivity contribution in [3.8, 4) is 5.75 Å². The minimum atomic E-state index is -4.61. The molecule has 5 aromatic rings. The molecule has 6 atom stereocenters. The highest BCUT2D eigenvalue weighted by molar-refractivity contribution is 7.89. The zero-order chi connectivity index (χ0) is 71.4. The van der Waals surface area contributed by atoms with Crippen LogP contribution in [0, 0.1) is 5.82 Å². The lowest BCUT2D eigenvalue weighted by Crippen LogP contribution is -2.58. The van der Waals surface area contributed by atoms with Gasteiger partial charge in [-0.2, -0.15) is 4.72 Å². The van der Waals surface area contributed by atoms with Crippen molar-refractivity contribution in [2.24, 2.45) is 5.73 Å². The number of amides is 8. The molecule has 33 heteroatoms. The number of hydrogen-bond donors (Lipinski definition) is 14. The minimum absolute atomic E-state index is 0.00488. The third-order valence-corrected chi connectivity index (χ3v) is 18.1. The molecule has 97 heavy (non-hydrogen) atoms. The molecular formula is C64H82FN11O19S2. The number of sulfonamides is 2. The zero-order valence-electron chi connectivity index (χ0n) is 53.5. The van der Waals surface area contributed by atoms with E-state index in [0.29, 0.717) is 48.6 Å². The van der Waals surface area contributed by atoms with Crippen LogP contribution in [0.25, 0.3) is 10.9 Å². The second-order valence-electron chi connectivity index (χ2n) is 23.0. The van der Waals surface area contributed by atoms with Gasteiger partial charge >= 0.3 is 17.9 Å². The van der Waals surface area contributed by atoms with Crippen LogP contribution in [0.15, 0.2) is 113 Å². The average Bonchev–Trinajstić information content (AvgIpc) is 1.81. The summed E-state index contributed by atoms with van der Waals surface area (Å²) in [4.78, 5) is 147. The number of benzene rings is 4. The van der Waals surface area contributed by atoms with Crippen molar-refractivity contribution >= 4 is 96.1 Å². The van der Waals surface area contributed by atoms with Gasteiger partial charge in [0, 0.05) is 62.3 Å². The highest BCUT2D eigenvalue weighted by atomic mass is 32.2. The first-order chi connectivity index (χ1) is 45.9. The van der Waals surface area contributed by atoms with Gasteiger partial charge in [-0.15, -0.1) is 0 Å². The number of carbonyl (C=O) groups is 11. The molecule has 0 saturated carbocycles. The van der Waals surface area contributed by atoms with Crippen LogP contribution in [0.4, 0.5) is 4.39 Å². The Morgan fingerprint density at radius 1 is 0.546 bits per heavy atom. The number of primary amides is 1. The minimum Gasteiger partial charge on any atom is -0.497 e. The number of H-pyrrole nitrogens is 1. The molecule has 0 aliphatic rings. The van der Waals surface area contributed by atoms with E-state index in [9.17, 15) is 89.3 Å². The standard InChI is InChI=1S/C64H82FN11O19S2/c1-38(2)40-18-22-44(23-19-40)96(91,92)70-31-10-8-16-48(59(66)85)71-54(77)17-5-4-9-30-67-60(86)49(26-28-56(79)80)73-63(89)52(34-41-36-68-47-15-7-6-14-46(41)47)75-62(88)51(33-39-12-11-13-42(65)32-39)72-55(78)37-69-61(87)50(27-29-57(81)82)74-64(90)53(35-58(83)84)76-97(93,94)45-24-20-43(95-3)21-25-45/h6-7,11-15,18-25,32,36,38,48-53,68,70,76H,4-5,8-10,16-17,26-31,33-35,37H2,1-3H3,(H2,66,85)(H,67,86)(H,69,87)(H,71,77)(H,72,78)(H,73,89)(H,74,90)(H,75,88)(H,79,80)(H,81,82)(H,83,84)/t48-,49-,50-,51-,52-,53+/m0/s1. The highest BCUT2D eigenvalue weighted by Crippen LogP contribution is 2.22. The van der Waals surface area contributed by atoms with Gasteiger partial charge in [0.1, 0.15) is 47.8 Å². The van der Waals surface area contributed by atoms with E-state index in [4.69, 9.17) is 10.5 Å². The van der Waals surface area contributed by atoms with Crippen molar-refractivity contribution in [2.45, 2.75) is 156 Å². The summed E-state index contributed by atoms with van der Waals surface area (Å²) in [5, 5.41) is 46.5. The Hall–Kier alpha value is -9.86. The van der Waals surface area contributed by atoms with Crippen molar-refractivity contribution in [2.75, 3.05) is 26.7 Å². The van der Waals surface area contributed by atoms with E-state index in [2.05, 4.69) is 46.9 Å². The maximum Gasteiger partial charge on any atom is 0.305 e. The smallest absolute Gasteiger partial charge is 0.305 e. The van der Waals surface area contributed by atoms with Crippen LogP contribution < -0.4 is 57.1 Å². The summed E-state index contributed by atoms with van der Waals surface area (Å²) in [6, 6.07) is 13.4. The van der Waals surface area contributed by atoms with Crippen molar-refractivity contribution in [1.82, 2.24) is 51.6 Å². The largest absolute Gasteiger partial charge is 0.497 e. The highest BCUT2D eigenvalue weighted by Gasteiger charge is 2.34. The Bertz CT molecular complexity index is 3820. The normalized spacial score (nSPS) is 13.3. The molecule has 0 radical (unpaired) electrons. The van der Waals surface area contributed by atoms with Gasteiger partial charge in [-0.1, -0.05) is 62.7 Å². The van der Waals surface area contributed by atoms with Gasteiger partial charge in [-0.25, -0.2) is 25.9 Å². The topological polar surface area (TPSA) is 476 Å². The van der Waals surface area contributed by atoms with E-state index in [1.54, 1.807) is 42.6 Å². The van der Waals surface area contributed by atoms with Crippen LogP contribution >= 0.6 is 0 Å². The first kappa shape index (κ1) is 77.8. The number of carboxylic acid groups (broad SMARTS) is 3. The fourth-order valence-electron chi connectivity index (χ4n) is 9.91. The number of nitrogens with two attached hydrogens (primary N) is 1. The molecule has 526 valence electrons. The SMILES string of the molecule is COc1ccc(S(=O)(=O)N[C@H](CC(=O)O)C(=O)N[C@@H](CCC(=O)O)C(=O)NCC(=O)N[C@@H](Cc2cccc(F)c2)C(=O)N[C@@H](Cc2c[nH]c3ccccc23)C(=O)N[C@@H](CCC(=O)O)C(=O)NCCCCCC(=O)N[C@@H](CCCCNS(=O)(=O)c2ccc(C(C)C)cc2)C(N)=O)cc1. The molecule has 0 saturated heterocycles. The maximum absolute atomic E-state index is 14.6. The Labute approximate surface area is 559 Å². The molecule has 1 heterocycles. The third kappa shape index (κ3) is 26.3. The molecule has 30 nitrogen and oxygen atoms in total. The summed E-state index contributed by atoms with van der Waals surface area (Å²) in [7, 11) is -7.06. The van der Waals surface area contributed by atoms with Crippen molar-refractivity contribution in [3.05, 3.63) is 126 Å². The van der Waals surface area contributed by atoms with Gasteiger partial charge in [0.2, 0.25) is 67.3 Å². The van der Waals surface area contributed by atoms with Crippen molar-refractivity contribution in [1.29, 1.82) is 0 Å². The number of carboxylic acids is 3. The lowest BCUT2D eigenvalue weighted by molar-refractivity contribution is -0.140. The van der Waals surface area contributed by atoms with Crippen LogP contribution in [-0.2, 0) is 85.6 Å². The first-order valence-corrected chi connectivity index (χ1v) is 34.0. The van der Waals surface area contributed by atoms with E-state index in [-0.39, 0.29) is 54.5 Å². The van der Waals surface area contributed by atoms with E-state index in [1.807, 2.05) is 18.6 Å². The first-order valence-electron chi connectivity index (χ1n) is 31.0. The molecule has 0 unspecified atom stereocenters.